The van der Waals surface area contributed by atoms with E-state index in [1.165, 1.54) is 11.8 Å². The van der Waals surface area contributed by atoms with Gasteiger partial charge < -0.3 is 9.47 Å². The molecule has 152 valence electrons. The lowest BCUT2D eigenvalue weighted by Crippen LogP contribution is -1.99. The minimum Gasteiger partial charge on any atom is -0.493 e. The van der Waals surface area contributed by atoms with Crippen LogP contribution < -0.4 is 9.47 Å². The fraction of sp³-hybridized carbons (Fsp3) is 0.0870. The van der Waals surface area contributed by atoms with E-state index in [4.69, 9.17) is 32.7 Å². The van der Waals surface area contributed by atoms with Crippen LogP contribution >= 0.6 is 50.9 Å². The van der Waals surface area contributed by atoms with Crippen LogP contribution in [-0.4, -0.2) is 12.9 Å². The molecule has 0 radical (unpaired) electrons. The first kappa shape index (κ1) is 21.3. The Balaban J connectivity index is 1.59. The molecule has 7 heteroatoms. The Labute approximate surface area is 197 Å². The number of thioether (sulfide) groups is 1. The van der Waals surface area contributed by atoms with Crippen LogP contribution in [0.3, 0.4) is 0 Å². The first-order valence-corrected chi connectivity index (χ1v) is 11.3. The van der Waals surface area contributed by atoms with Crippen LogP contribution in [0, 0.1) is 0 Å². The number of allylic oxidation sites excluding steroid dienone is 1. The molecule has 30 heavy (non-hydrogen) atoms. The Bertz CT molecular complexity index is 1180. The van der Waals surface area contributed by atoms with Crippen LogP contribution in [0.15, 0.2) is 68.9 Å². The van der Waals surface area contributed by atoms with E-state index in [1.807, 2.05) is 48.5 Å². The van der Waals surface area contributed by atoms with Gasteiger partial charge in [-0.1, -0.05) is 69.1 Å². The zero-order chi connectivity index (χ0) is 21.3. The van der Waals surface area contributed by atoms with Gasteiger partial charge in [-0.15, -0.1) is 0 Å². The summed E-state index contributed by atoms with van der Waals surface area (Å²) in [4.78, 5) is 14.3. The third kappa shape index (κ3) is 4.40. The smallest absolute Gasteiger partial charge is 0.200 e. The number of Topliss-reactive ketones (excluding diaryl/α,β-unsaturated/α-hetero) is 1. The number of hydrogen-bond acceptors (Lipinski definition) is 4. The highest BCUT2D eigenvalue weighted by Crippen LogP contribution is 2.42. The molecule has 0 aliphatic carbocycles. The summed E-state index contributed by atoms with van der Waals surface area (Å²) in [7, 11) is 1.58. The normalized spacial score (nSPS) is 14.1. The zero-order valence-electron chi connectivity index (χ0n) is 15.7. The lowest BCUT2D eigenvalue weighted by molar-refractivity contribution is 0.104. The Morgan fingerprint density at radius 2 is 1.87 bits per heavy atom. The Morgan fingerprint density at radius 1 is 1.07 bits per heavy atom. The van der Waals surface area contributed by atoms with E-state index in [1.54, 1.807) is 19.2 Å². The third-order valence-corrected chi connectivity index (χ3v) is 6.92. The molecule has 0 atom stereocenters. The van der Waals surface area contributed by atoms with E-state index < -0.39 is 0 Å². The summed E-state index contributed by atoms with van der Waals surface area (Å²) in [5.74, 6) is 1.15. The predicted molar refractivity (Wildman–Crippen MR) is 126 cm³/mol. The number of rotatable bonds is 5. The molecular formula is C23H15BrCl2O3S. The molecule has 0 aromatic heterocycles. The van der Waals surface area contributed by atoms with Crippen molar-refractivity contribution < 1.29 is 14.3 Å². The summed E-state index contributed by atoms with van der Waals surface area (Å²) in [6, 6.07) is 16.5. The van der Waals surface area contributed by atoms with Crippen molar-refractivity contribution >= 4 is 62.8 Å². The van der Waals surface area contributed by atoms with Crippen molar-refractivity contribution in [3.63, 3.8) is 0 Å². The van der Waals surface area contributed by atoms with Crippen LogP contribution in [0.5, 0.6) is 11.5 Å². The fourth-order valence-corrected chi connectivity index (χ4v) is 4.95. The van der Waals surface area contributed by atoms with Crippen molar-refractivity contribution in [2.24, 2.45) is 0 Å². The molecule has 4 rings (SSSR count). The maximum absolute atomic E-state index is 12.7. The van der Waals surface area contributed by atoms with Crippen LogP contribution in [0.4, 0.5) is 0 Å². The quantitative estimate of drug-likeness (QED) is 0.322. The van der Waals surface area contributed by atoms with Crippen LogP contribution in [-0.2, 0) is 6.61 Å². The summed E-state index contributed by atoms with van der Waals surface area (Å²) in [6.45, 7) is 0.267. The molecule has 0 saturated carbocycles. The first-order chi connectivity index (χ1) is 14.5. The zero-order valence-corrected chi connectivity index (χ0v) is 19.7. The lowest BCUT2D eigenvalue weighted by atomic mass is 10.1. The third-order valence-electron chi connectivity index (χ3n) is 4.54. The van der Waals surface area contributed by atoms with Crippen molar-refractivity contribution in [2.45, 2.75) is 11.5 Å². The molecule has 0 amide bonds. The van der Waals surface area contributed by atoms with Gasteiger partial charge in [-0.2, -0.15) is 0 Å². The van der Waals surface area contributed by atoms with Gasteiger partial charge in [0.1, 0.15) is 6.61 Å². The minimum absolute atomic E-state index is 0.0270. The molecule has 3 aromatic rings. The number of carbonyl (C=O) groups is 1. The first-order valence-electron chi connectivity index (χ1n) is 8.94. The molecule has 3 nitrogen and oxygen atoms in total. The highest BCUT2D eigenvalue weighted by Gasteiger charge is 2.25. The second-order valence-electron chi connectivity index (χ2n) is 6.48. The average molecular weight is 522 g/mol. The molecule has 0 spiro atoms. The molecule has 0 fully saturated rings. The van der Waals surface area contributed by atoms with E-state index >= 15 is 0 Å². The number of ketones is 1. The summed E-state index contributed by atoms with van der Waals surface area (Å²) in [5.41, 5.74) is 2.38. The monoisotopic (exact) mass is 520 g/mol. The molecule has 0 unspecified atom stereocenters. The van der Waals surface area contributed by atoms with Crippen molar-refractivity contribution in [1.29, 1.82) is 0 Å². The molecular weight excluding hydrogens is 507 g/mol. The number of methoxy groups -OCH3 is 1. The topological polar surface area (TPSA) is 35.5 Å². The van der Waals surface area contributed by atoms with E-state index in [0.717, 1.165) is 26.1 Å². The second kappa shape index (κ2) is 9.06. The summed E-state index contributed by atoms with van der Waals surface area (Å²) < 4.78 is 12.2. The van der Waals surface area contributed by atoms with Gasteiger partial charge in [0, 0.05) is 30.5 Å². The number of carbonyl (C=O) groups excluding carboxylic acids is 1. The van der Waals surface area contributed by atoms with Crippen LogP contribution in [0.1, 0.15) is 21.5 Å². The molecule has 0 saturated heterocycles. The molecule has 0 bridgehead atoms. The van der Waals surface area contributed by atoms with Crippen molar-refractivity contribution in [3.8, 4) is 11.5 Å². The van der Waals surface area contributed by atoms with Crippen LogP contribution in [0.2, 0.25) is 10.0 Å². The Hall–Kier alpha value is -1.92. The SMILES string of the molecule is COc1cc(/C=C2\Sc3ccccc3C2=O)c(Br)cc1OCc1ccc(Cl)cc1Cl. The lowest BCUT2D eigenvalue weighted by Gasteiger charge is -2.14. The molecule has 3 aromatic carbocycles. The van der Waals surface area contributed by atoms with Gasteiger partial charge in [0.05, 0.1) is 12.0 Å². The van der Waals surface area contributed by atoms with Gasteiger partial charge in [-0.25, -0.2) is 0 Å². The second-order valence-corrected chi connectivity index (χ2v) is 9.27. The highest BCUT2D eigenvalue weighted by atomic mass is 79.9. The maximum atomic E-state index is 12.7. The van der Waals surface area contributed by atoms with Gasteiger partial charge in [0.15, 0.2) is 11.5 Å². The number of fused-ring (bicyclic) bond motifs is 1. The van der Waals surface area contributed by atoms with Gasteiger partial charge >= 0.3 is 0 Å². The van der Waals surface area contributed by atoms with Crippen LogP contribution in [0.25, 0.3) is 6.08 Å². The highest BCUT2D eigenvalue weighted by molar-refractivity contribution is 9.10. The van der Waals surface area contributed by atoms with E-state index in [0.29, 0.717) is 26.4 Å². The predicted octanol–water partition coefficient (Wildman–Crippen LogP) is 7.67. The standard InChI is InChI=1S/C23H15BrCl2O3S/c1-28-19-8-14(9-22-23(27)16-4-2-3-5-21(16)30-22)17(24)11-20(19)29-12-13-6-7-15(25)10-18(13)26/h2-11H,12H2,1H3/b22-9-. The van der Waals surface area contributed by atoms with Gasteiger partial charge in [0.2, 0.25) is 5.78 Å². The average Bonchev–Trinajstić information content (AvgIpc) is 3.04. The van der Waals surface area contributed by atoms with E-state index in [-0.39, 0.29) is 12.4 Å². The van der Waals surface area contributed by atoms with E-state index in [9.17, 15) is 4.79 Å². The van der Waals surface area contributed by atoms with Gasteiger partial charge in [-0.05, 0) is 48.0 Å². The molecule has 1 aliphatic heterocycles. The fourth-order valence-electron chi connectivity index (χ4n) is 3.01. The summed E-state index contributed by atoms with van der Waals surface area (Å²) in [6.07, 6.45) is 1.86. The number of hydrogen-bond donors (Lipinski definition) is 0. The number of benzene rings is 3. The summed E-state index contributed by atoms with van der Waals surface area (Å²) >= 11 is 17.2. The minimum atomic E-state index is 0.0270. The Kier molecular flexibility index (Phi) is 6.44. The molecule has 0 N–H and O–H groups in total. The van der Waals surface area contributed by atoms with Gasteiger partial charge in [0.25, 0.3) is 0 Å². The molecule has 1 aliphatic rings. The molecule has 1 heterocycles. The van der Waals surface area contributed by atoms with E-state index in [2.05, 4.69) is 15.9 Å². The van der Waals surface area contributed by atoms with Crippen molar-refractivity contribution in [1.82, 2.24) is 0 Å². The Morgan fingerprint density at radius 3 is 2.60 bits per heavy atom. The largest absolute Gasteiger partial charge is 0.493 e. The summed E-state index contributed by atoms with van der Waals surface area (Å²) in [5, 5.41) is 1.11. The maximum Gasteiger partial charge on any atom is 0.200 e. The number of ether oxygens (including phenoxy) is 2. The van der Waals surface area contributed by atoms with Gasteiger partial charge in [-0.3, -0.25) is 4.79 Å². The number of halogens is 3. The van der Waals surface area contributed by atoms with Crippen molar-refractivity contribution in [2.75, 3.05) is 7.11 Å². The van der Waals surface area contributed by atoms with Crippen molar-refractivity contribution in [3.05, 3.63) is 90.7 Å².